The number of fused-ring (bicyclic) bond motifs is 2. The number of carbonyl (C=O) groups is 1. The Morgan fingerprint density at radius 3 is 2.83 bits per heavy atom. The zero-order valence-corrected chi connectivity index (χ0v) is 18.1. The molecular formula is C23H28N4O2S. The second-order valence-electron chi connectivity index (χ2n) is 7.32. The van der Waals surface area contributed by atoms with Gasteiger partial charge in [0, 0.05) is 60.2 Å². The van der Waals surface area contributed by atoms with Crippen molar-refractivity contribution in [3.63, 3.8) is 0 Å². The van der Waals surface area contributed by atoms with Crippen molar-refractivity contribution in [1.82, 2.24) is 15.5 Å². The van der Waals surface area contributed by atoms with Gasteiger partial charge in [0.2, 0.25) is 0 Å². The van der Waals surface area contributed by atoms with Crippen LogP contribution in [0.2, 0.25) is 0 Å². The van der Waals surface area contributed by atoms with Crippen molar-refractivity contribution in [1.29, 1.82) is 0 Å². The number of amides is 1. The van der Waals surface area contributed by atoms with Crippen molar-refractivity contribution in [3.05, 3.63) is 53.6 Å². The zero-order valence-electron chi connectivity index (χ0n) is 17.3. The summed E-state index contributed by atoms with van der Waals surface area (Å²) >= 11 is 1.71. The Morgan fingerprint density at radius 1 is 1.17 bits per heavy atom. The van der Waals surface area contributed by atoms with Crippen LogP contribution in [0.15, 0.2) is 57.2 Å². The van der Waals surface area contributed by atoms with E-state index in [1.165, 1.54) is 4.90 Å². The predicted octanol–water partition coefficient (Wildman–Crippen LogP) is 3.29. The molecule has 0 bridgehead atoms. The average molecular weight is 425 g/mol. The molecule has 0 atom stereocenters. The van der Waals surface area contributed by atoms with Gasteiger partial charge >= 0.3 is 0 Å². The first kappa shape index (κ1) is 20.9. The van der Waals surface area contributed by atoms with E-state index in [2.05, 4.69) is 46.7 Å². The van der Waals surface area contributed by atoms with Gasteiger partial charge in [-0.1, -0.05) is 36.9 Å². The fourth-order valence-corrected chi connectivity index (χ4v) is 4.57. The number of hydrogen-bond acceptors (Lipinski definition) is 6. The van der Waals surface area contributed by atoms with E-state index in [4.69, 9.17) is 9.73 Å². The number of nitrogens with zero attached hydrogens (tertiary/aromatic N) is 2. The van der Waals surface area contributed by atoms with Crippen molar-refractivity contribution < 1.29 is 9.53 Å². The van der Waals surface area contributed by atoms with Gasteiger partial charge < -0.3 is 20.3 Å². The predicted molar refractivity (Wildman–Crippen MR) is 121 cm³/mol. The molecule has 6 nitrogen and oxygen atoms in total. The Balaban J connectivity index is 1.59. The van der Waals surface area contributed by atoms with E-state index in [0.29, 0.717) is 18.7 Å². The summed E-state index contributed by atoms with van der Waals surface area (Å²) in [5.74, 6) is 0.896. The molecule has 2 aliphatic rings. The van der Waals surface area contributed by atoms with Crippen LogP contribution in [0, 0.1) is 0 Å². The fourth-order valence-electron chi connectivity index (χ4n) is 3.57. The summed E-state index contributed by atoms with van der Waals surface area (Å²) in [5.41, 5.74) is 2.62. The van der Waals surface area contributed by atoms with Crippen molar-refractivity contribution in [3.8, 4) is 0 Å². The first-order valence-electron chi connectivity index (χ1n) is 10.6. The minimum atomic E-state index is -0.0939. The lowest BCUT2D eigenvalue weighted by Crippen LogP contribution is -2.46. The van der Waals surface area contributed by atoms with E-state index in [1.54, 1.807) is 11.8 Å². The van der Waals surface area contributed by atoms with Crippen LogP contribution >= 0.6 is 11.8 Å². The Kier molecular flexibility index (Phi) is 7.04. The highest BCUT2D eigenvalue weighted by Gasteiger charge is 2.23. The van der Waals surface area contributed by atoms with Gasteiger partial charge in [-0.25, -0.2) is 4.99 Å². The maximum absolute atomic E-state index is 12.6. The molecule has 2 N–H and O–H groups in total. The number of rotatable bonds is 6. The Bertz CT molecular complexity index is 925. The third-order valence-corrected chi connectivity index (χ3v) is 6.23. The third-order valence-electron chi connectivity index (χ3n) is 5.09. The second-order valence-corrected chi connectivity index (χ2v) is 8.41. The van der Waals surface area contributed by atoms with Gasteiger partial charge in [0.15, 0.2) is 0 Å². The lowest BCUT2D eigenvalue weighted by Gasteiger charge is -2.30. The van der Waals surface area contributed by atoms with Crippen LogP contribution in [0.4, 0.5) is 5.69 Å². The van der Waals surface area contributed by atoms with Crippen LogP contribution in [0.5, 0.6) is 0 Å². The summed E-state index contributed by atoms with van der Waals surface area (Å²) in [6.07, 6.45) is 0.978. The maximum atomic E-state index is 12.6. The molecule has 0 saturated carbocycles. The van der Waals surface area contributed by atoms with Gasteiger partial charge in [-0.2, -0.15) is 0 Å². The number of piperazine rings is 1. The lowest BCUT2D eigenvalue weighted by atomic mass is 10.1. The van der Waals surface area contributed by atoms with Gasteiger partial charge in [-0.15, -0.1) is 0 Å². The number of benzene rings is 2. The standard InChI is InChI=1S/C23H28N4O2S/c1-2-14-29-15-11-25-23(28)17-7-8-21-19(16-17)26-22(27-12-9-24-10-13-27)18-5-3-4-6-20(18)30-21/h3-8,16,24H,2,9-15H2,1H3,(H,25,28). The van der Waals surface area contributed by atoms with E-state index in [1.807, 2.05) is 18.2 Å². The molecule has 2 aromatic carbocycles. The molecule has 1 saturated heterocycles. The molecular weight excluding hydrogens is 396 g/mol. The van der Waals surface area contributed by atoms with Crippen LogP contribution in [-0.4, -0.2) is 62.6 Å². The molecule has 0 aromatic heterocycles. The normalized spacial score (nSPS) is 15.6. The summed E-state index contributed by atoms with van der Waals surface area (Å²) in [5, 5.41) is 6.34. The van der Waals surface area contributed by atoms with Gasteiger partial charge in [0.05, 0.1) is 12.3 Å². The van der Waals surface area contributed by atoms with Gasteiger partial charge in [0.1, 0.15) is 5.84 Å². The molecule has 2 aromatic rings. The van der Waals surface area contributed by atoms with Crippen molar-refractivity contribution in [2.24, 2.45) is 4.99 Å². The SMILES string of the molecule is CCCOCCNC(=O)c1ccc2c(c1)N=C(N1CCNCC1)c1ccccc1S2. The monoisotopic (exact) mass is 424 g/mol. The van der Waals surface area contributed by atoms with E-state index in [-0.39, 0.29) is 5.91 Å². The van der Waals surface area contributed by atoms with Crippen LogP contribution in [0.1, 0.15) is 29.3 Å². The fraction of sp³-hybridized carbons (Fsp3) is 0.391. The topological polar surface area (TPSA) is 66.0 Å². The van der Waals surface area contributed by atoms with Gasteiger partial charge in [0.25, 0.3) is 5.91 Å². The zero-order chi connectivity index (χ0) is 20.8. The Labute approximate surface area is 182 Å². The molecule has 0 aliphatic carbocycles. The maximum Gasteiger partial charge on any atom is 0.251 e. The summed E-state index contributed by atoms with van der Waals surface area (Å²) < 4.78 is 5.44. The van der Waals surface area contributed by atoms with E-state index < -0.39 is 0 Å². The van der Waals surface area contributed by atoms with E-state index in [9.17, 15) is 4.79 Å². The molecule has 2 heterocycles. The molecule has 0 spiro atoms. The first-order chi connectivity index (χ1) is 14.8. The first-order valence-corrected chi connectivity index (χ1v) is 11.4. The molecule has 1 amide bonds. The summed E-state index contributed by atoms with van der Waals surface area (Å²) in [7, 11) is 0. The molecule has 158 valence electrons. The summed E-state index contributed by atoms with van der Waals surface area (Å²) in [4.78, 5) is 22.3. The minimum absolute atomic E-state index is 0.0939. The van der Waals surface area contributed by atoms with Crippen LogP contribution in [-0.2, 0) is 4.74 Å². The van der Waals surface area contributed by atoms with Crippen LogP contribution in [0.3, 0.4) is 0 Å². The number of hydrogen-bond donors (Lipinski definition) is 2. The number of aliphatic imine (C=N–C) groups is 1. The Hall–Kier alpha value is -2.35. The molecule has 30 heavy (non-hydrogen) atoms. The number of nitrogens with one attached hydrogen (secondary N) is 2. The molecule has 0 radical (unpaired) electrons. The number of carbonyl (C=O) groups excluding carboxylic acids is 1. The Morgan fingerprint density at radius 2 is 2.00 bits per heavy atom. The highest BCUT2D eigenvalue weighted by molar-refractivity contribution is 7.99. The van der Waals surface area contributed by atoms with Crippen molar-refractivity contribution in [2.75, 3.05) is 45.9 Å². The quantitative estimate of drug-likeness (QED) is 0.697. The number of ether oxygens (including phenoxy) is 1. The smallest absolute Gasteiger partial charge is 0.251 e. The van der Waals surface area contributed by atoms with Crippen molar-refractivity contribution in [2.45, 2.75) is 23.1 Å². The number of amidine groups is 1. The molecule has 1 fully saturated rings. The molecule has 0 unspecified atom stereocenters. The van der Waals surface area contributed by atoms with Gasteiger partial charge in [-0.05, 0) is 30.7 Å². The average Bonchev–Trinajstić information content (AvgIpc) is 2.95. The van der Waals surface area contributed by atoms with Gasteiger partial charge in [-0.3, -0.25) is 4.79 Å². The highest BCUT2D eigenvalue weighted by Crippen LogP contribution is 2.41. The van der Waals surface area contributed by atoms with E-state index in [0.717, 1.165) is 61.2 Å². The minimum Gasteiger partial charge on any atom is -0.380 e. The summed E-state index contributed by atoms with van der Waals surface area (Å²) in [6.45, 7) is 7.56. The largest absolute Gasteiger partial charge is 0.380 e. The molecule has 7 heteroatoms. The van der Waals surface area contributed by atoms with E-state index >= 15 is 0 Å². The lowest BCUT2D eigenvalue weighted by molar-refractivity contribution is 0.0915. The second kappa shape index (κ2) is 10.1. The third kappa shape index (κ3) is 4.86. The molecule has 4 rings (SSSR count). The van der Waals surface area contributed by atoms with Crippen molar-refractivity contribution >= 4 is 29.2 Å². The summed E-state index contributed by atoms with van der Waals surface area (Å²) in [6, 6.07) is 14.2. The van der Waals surface area contributed by atoms with Crippen LogP contribution in [0.25, 0.3) is 0 Å². The van der Waals surface area contributed by atoms with Crippen LogP contribution < -0.4 is 10.6 Å². The molecule has 2 aliphatic heterocycles. The highest BCUT2D eigenvalue weighted by atomic mass is 32.2.